The third kappa shape index (κ3) is 3.06. The number of nitrogens with zero attached hydrogens (tertiary/aromatic N) is 3. The van der Waals surface area contributed by atoms with E-state index in [9.17, 15) is 8.42 Å². The van der Waals surface area contributed by atoms with E-state index in [1.54, 1.807) is 6.92 Å². The Morgan fingerprint density at radius 1 is 1.29 bits per heavy atom. The Morgan fingerprint density at radius 3 is 2.41 bits per heavy atom. The molecule has 0 bridgehead atoms. The monoisotopic (exact) mass is 256 g/mol. The molecule has 1 aliphatic heterocycles. The summed E-state index contributed by atoms with van der Waals surface area (Å²) in [4.78, 5) is 10.4. The minimum atomic E-state index is -3.25. The Labute approximate surface area is 101 Å². The van der Waals surface area contributed by atoms with Gasteiger partial charge in [-0.1, -0.05) is 0 Å². The lowest BCUT2D eigenvalue weighted by molar-refractivity contribution is 0.602. The second-order valence-corrected chi connectivity index (χ2v) is 5.98. The zero-order valence-corrected chi connectivity index (χ0v) is 10.6. The quantitative estimate of drug-likeness (QED) is 0.864. The zero-order valence-electron chi connectivity index (χ0n) is 9.76. The maximum atomic E-state index is 11.3. The topological polar surface area (TPSA) is 75.2 Å². The van der Waals surface area contributed by atoms with Gasteiger partial charge in [0.15, 0.2) is 0 Å². The maximum absolute atomic E-state index is 11.3. The normalized spacial score (nSPS) is 16.2. The molecule has 0 unspecified atom stereocenters. The van der Waals surface area contributed by atoms with Crippen molar-refractivity contribution in [1.82, 2.24) is 9.97 Å². The second kappa shape index (κ2) is 4.87. The Kier molecular flexibility index (Phi) is 3.46. The molecule has 0 aromatic carbocycles. The lowest BCUT2D eigenvalue weighted by atomic mass is 10.4. The van der Waals surface area contributed by atoms with E-state index in [-0.39, 0.29) is 5.75 Å². The van der Waals surface area contributed by atoms with Crippen LogP contribution in [0.5, 0.6) is 0 Å². The van der Waals surface area contributed by atoms with Crippen LogP contribution < -0.4 is 9.62 Å². The number of anilines is 2. The summed E-state index contributed by atoms with van der Waals surface area (Å²) in [5.74, 6) is 0.711. The molecule has 1 aliphatic rings. The predicted octanol–water partition coefficient (Wildman–Crippen LogP) is 0.838. The van der Waals surface area contributed by atoms with Gasteiger partial charge in [-0.05, 0) is 19.8 Å². The van der Waals surface area contributed by atoms with Crippen LogP contribution in [0.25, 0.3) is 0 Å². The maximum Gasteiger partial charge on any atom is 0.232 e. The highest BCUT2D eigenvalue weighted by molar-refractivity contribution is 7.92. The third-order valence-corrected chi connectivity index (χ3v) is 3.99. The van der Waals surface area contributed by atoms with Crippen LogP contribution in [0.1, 0.15) is 19.8 Å². The summed E-state index contributed by atoms with van der Waals surface area (Å²) in [6, 6.07) is 0. The van der Waals surface area contributed by atoms with Crippen molar-refractivity contribution < 1.29 is 8.42 Å². The SMILES string of the molecule is CCS(=O)(=O)Nc1cnc(N2CCCC2)nc1. The van der Waals surface area contributed by atoms with Gasteiger partial charge in [-0.15, -0.1) is 0 Å². The zero-order chi connectivity index (χ0) is 12.3. The number of nitrogens with one attached hydrogen (secondary N) is 1. The van der Waals surface area contributed by atoms with Crippen LogP contribution in [0, 0.1) is 0 Å². The fraction of sp³-hybridized carbons (Fsp3) is 0.600. The van der Waals surface area contributed by atoms with E-state index >= 15 is 0 Å². The van der Waals surface area contributed by atoms with E-state index in [4.69, 9.17) is 0 Å². The lowest BCUT2D eigenvalue weighted by Crippen LogP contribution is -2.21. The summed E-state index contributed by atoms with van der Waals surface area (Å²) in [6.07, 6.45) is 5.34. The summed E-state index contributed by atoms with van der Waals surface area (Å²) < 4.78 is 25.1. The molecule has 1 aromatic heterocycles. The van der Waals surface area contributed by atoms with Crippen LogP contribution in [0.3, 0.4) is 0 Å². The molecule has 2 heterocycles. The van der Waals surface area contributed by atoms with Crippen molar-refractivity contribution in [3.63, 3.8) is 0 Å². The first-order valence-corrected chi connectivity index (χ1v) is 7.33. The van der Waals surface area contributed by atoms with Crippen molar-refractivity contribution in [3.05, 3.63) is 12.4 Å². The summed E-state index contributed by atoms with van der Waals surface area (Å²) >= 11 is 0. The molecule has 17 heavy (non-hydrogen) atoms. The molecule has 0 amide bonds. The summed E-state index contributed by atoms with van der Waals surface area (Å²) in [5, 5.41) is 0. The van der Waals surface area contributed by atoms with E-state index in [1.165, 1.54) is 12.4 Å². The first-order valence-electron chi connectivity index (χ1n) is 5.68. The van der Waals surface area contributed by atoms with Crippen molar-refractivity contribution in [2.75, 3.05) is 28.5 Å². The van der Waals surface area contributed by atoms with E-state index in [0.29, 0.717) is 11.6 Å². The van der Waals surface area contributed by atoms with Gasteiger partial charge in [0.25, 0.3) is 0 Å². The van der Waals surface area contributed by atoms with Crippen molar-refractivity contribution in [2.24, 2.45) is 0 Å². The van der Waals surface area contributed by atoms with Crippen LogP contribution >= 0.6 is 0 Å². The van der Waals surface area contributed by atoms with Crippen molar-refractivity contribution in [1.29, 1.82) is 0 Å². The van der Waals surface area contributed by atoms with Crippen LogP contribution in [-0.2, 0) is 10.0 Å². The van der Waals surface area contributed by atoms with Crippen molar-refractivity contribution >= 4 is 21.7 Å². The fourth-order valence-electron chi connectivity index (χ4n) is 1.71. The van der Waals surface area contributed by atoms with E-state index < -0.39 is 10.0 Å². The highest BCUT2D eigenvalue weighted by Crippen LogP contribution is 2.16. The van der Waals surface area contributed by atoms with Gasteiger partial charge in [-0.2, -0.15) is 0 Å². The van der Waals surface area contributed by atoms with Gasteiger partial charge in [-0.3, -0.25) is 4.72 Å². The smallest absolute Gasteiger partial charge is 0.232 e. The lowest BCUT2D eigenvalue weighted by Gasteiger charge is -2.14. The highest BCUT2D eigenvalue weighted by Gasteiger charge is 2.15. The molecular weight excluding hydrogens is 240 g/mol. The third-order valence-electron chi connectivity index (χ3n) is 2.68. The molecule has 94 valence electrons. The number of aromatic nitrogens is 2. The van der Waals surface area contributed by atoms with Gasteiger partial charge in [0.05, 0.1) is 23.8 Å². The molecule has 1 fully saturated rings. The predicted molar refractivity (Wildman–Crippen MR) is 66.6 cm³/mol. The number of sulfonamides is 1. The van der Waals surface area contributed by atoms with Crippen LogP contribution in [0.2, 0.25) is 0 Å². The first-order chi connectivity index (χ1) is 8.11. The average molecular weight is 256 g/mol. The van der Waals surface area contributed by atoms with E-state index in [2.05, 4.69) is 19.6 Å². The fourth-order valence-corrected chi connectivity index (χ4v) is 2.31. The Morgan fingerprint density at radius 2 is 1.88 bits per heavy atom. The Balaban J connectivity index is 2.07. The number of hydrogen-bond donors (Lipinski definition) is 1. The molecule has 6 nitrogen and oxygen atoms in total. The molecule has 7 heteroatoms. The van der Waals surface area contributed by atoms with Gasteiger partial charge in [0.2, 0.25) is 16.0 Å². The minimum Gasteiger partial charge on any atom is -0.341 e. The van der Waals surface area contributed by atoms with E-state index in [0.717, 1.165) is 25.9 Å². The summed E-state index contributed by atoms with van der Waals surface area (Å²) in [5.41, 5.74) is 0.412. The molecule has 2 rings (SSSR count). The van der Waals surface area contributed by atoms with Gasteiger partial charge in [-0.25, -0.2) is 18.4 Å². The molecular formula is C10H16N4O2S. The Hall–Kier alpha value is -1.37. The number of hydrogen-bond acceptors (Lipinski definition) is 5. The average Bonchev–Trinajstić information content (AvgIpc) is 2.83. The molecule has 0 saturated carbocycles. The molecule has 0 spiro atoms. The summed E-state index contributed by atoms with van der Waals surface area (Å²) in [6.45, 7) is 3.53. The minimum absolute atomic E-state index is 0.0425. The number of rotatable bonds is 4. The van der Waals surface area contributed by atoms with Crippen molar-refractivity contribution in [3.8, 4) is 0 Å². The van der Waals surface area contributed by atoms with Gasteiger partial charge >= 0.3 is 0 Å². The molecule has 0 atom stereocenters. The van der Waals surface area contributed by atoms with E-state index in [1.807, 2.05) is 0 Å². The van der Waals surface area contributed by atoms with Gasteiger partial charge in [0.1, 0.15) is 0 Å². The second-order valence-electron chi connectivity index (χ2n) is 3.97. The van der Waals surface area contributed by atoms with Crippen LogP contribution in [-0.4, -0.2) is 37.2 Å². The van der Waals surface area contributed by atoms with Gasteiger partial charge < -0.3 is 4.90 Å². The van der Waals surface area contributed by atoms with Gasteiger partial charge in [0, 0.05) is 13.1 Å². The molecule has 1 saturated heterocycles. The first kappa shape index (κ1) is 12.1. The highest BCUT2D eigenvalue weighted by atomic mass is 32.2. The summed E-state index contributed by atoms with van der Waals surface area (Å²) in [7, 11) is -3.25. The van der Waals surface area contributed by atoms with Crippen LogP contribution in [0.4, 0.5) is 11.6 Å². The molecule has 1 N–H and O–H groups in total. The largest absolute Gasteiger partial charge is 0.341 e. The molecule has 0 aliphatic carbocycles. The molecule has 0 radical (unpaired) electrons. The van der Waals surface area contributed by atoms with Crippen molar-refractivity contribution in [2.45, 2.75) is 19.8 Å². The Bertz CT molecular complexity index is 466. The van der Waals surface area contributed by atoms with Crippen LogP contribution in [0.15, 0.2) is 12.4 Å². The molecule has 1 aromatic rings. The standard InChI is InChI=1S/C10H16N4O2S/c1-2-17(15,16)13-9-7-11-10(12-8-9)14-5-3-4-6-14/h7-8,13H,2-6H2,1H3.